The third-order valence-electron chi connectivity index (χ3n) is 5.34. The molecule has 1 aromatic carbocycles. The maximum absolute atomic E-state index is 13.0. The Kier molecular flexibility index (Phi) is 6.50. The van der Waals surface area contributed by atoms with Crippen molar-refractivity contribution >= 4 is 46.4 Å². The SMILES string of the molecule is Cn1c(C(=O)Nc2cccc(-c3ccnc(Cl)c3Cl)c2Cl)nc2c1CCN(CCO)C2. The monoisotopic (exact) mass is 479 g/mol. The van der Waals surface area contributed by atoms with E-state index in [2.05, 4.69) is 20.2 Å². The van der Waals surface area contributed by atoms with Crippen LogP contribution in [0.15, 0.2) is 30.5 Å². The number of halogens is 3. The summed E-state index contributed by atoms with van der Waals surface area (Å²) in [6, 6.07) is 7.00. The fraction of sp³-hybridized carbons (Fsp3) is 0.286. The molecule has 0 radical (unpaired) electrons. The minimum Gasteiger partial charge on any atom is -0.395 e. The molecule has 31 heavy (non-hydrogen) atoms. The van der Waals surface area contributed by atoms with Crippen LogP contribution in [0.5, 0.6) is 0 Å². The van der Waals surface area contributed by atoms with Gasteiger partial charge in [0.25, 0.3) is 5.91 Å². The number of aliphatic hydroxyl groups is 1. The summed E-state index contributed by atoms with van der Waals surface area (Å²) in [5, 5.41) is 12.8. The smallest absolute Gasteiger partial charge is 0.291 e. The fourth-order valence-corrected chi connectivity index (χ4v) is 4.41. The van der Waals surface area contributed by atoms with Crippen LogP contribution in [0.1, 0.15) is 22.0 Å². The number of carbonyl (C=O) groups is 1. The molecule has 0 bridgehead atoms. The van der Waals surface area contributed by atoms with E-state index >= 15 is 0 Å². The number of amides is 1. The van der Waals surface area contributed by atoms with Crippen LogP contribution in [0, 0.1) is 0 Å². The summed E-state index contributed by atoms with van der Waals surface area (Å²) < 4.78 is 1.82. The number of β-amino-alcohol motifs (C(OH)–C–C–N with tert-alkyl or cyclic N) is 1. The lowest BCUT2D eigenvalue weighted by molar-refractivity contribution is 0.101. The number of nitrogens with one attached hydrogen (secondary N) is 1. The molecule has 3 aromatic rings. The second-order valence-corrected chi connectivity index (χ2v) is 8.34. The Labute approximate surface area is 194 Å². The average Bonchev–Trinajstić information content (AvgIpc) is 3.08. The van der Waals surface area contributed by atoms with Gasteiger partial charge in [-0.15, -0.1) is 0 Å². The molecule has 2 N–H and O–H groups in total. The van der Waals surface area contributed by atoms with E-state index in [1.54, 1.807) is 30.5 Å². The highest BCUT2D eigenvalue weighted by Gasteiger charge is 2.25. The summed E-state index contributed by atoms with van der Waals surface area (Å²) >= 11 is 18.9. The molecule has 0 aliphatic carbocycles. The first-order chi connectivity index (χ1) is 14.9. The van der Waals surface area contributed by atoms with Gasteiger partial charge in [-0.2, -0.15) is 0 Å². The molecule has 1 amide bonds. The van der Waals surface area contributed by atoms with Gasteiger partial charge in [0, 0.05) is 56.1 Å². The van der Waals surface area contributed by atoms with Crippen molar-refractivity contribution in [2.24, 2.45) is 7.05 Å². The van der Waals surface area contributed by atoms with E-state index in [9.17, 15) is 9.90 Å². The number of aromatic nitrogens is 3. The molecule has 4 rings (SSSR count). The third kappa shape index (κ3) is 4.29. The molecule has 7 nitrogen and oxygen atoms in total. The lowest BCUT2D eigenvalue weighted by atomic mass is 10.1. The number of carbonyl (C=O) groups excluding carboxylic acids is 1. The largest absolute Gasteiger partial charge is 0.395 e. The second kappa shape index (κ2) is 9.14. The van der Waals surface area contributed by atoms with Crippen molar-refractivity contribution in [3.05, 3.63) is 62.9 Å². The number of imidazole rings is 1. The van der Waals surface area contributed by atoms with Crippen LogP contribution in [0.3, 0.4) is 0 Å². The van der Waals surface area contributed by atoms with Crippen molar-refractivity contribution in [3.8, 4) is 11.1 Å². The number of rotatable bonds is 5. The number of nitrogens with zero attached hydrogens (tertiary/aromatic N) is 4. The van der Waals surface area contributed by atoms with Crippen LogP contribution >= 0.6 is 34.8 Å². The Morgan fingerprint density at radius 3 is 2.74 bits per heavy atom. The van der Waals surface area contributed by atoms with Crippen LogP contribution in [-0.2, 0) is 20.0 Å². The molecule has 162 valence electrons. The molecule has 0 fully saturated rings. The summed E-state index contributed by atoms with van der Waals surface area (Å²) in [7, 11) is 1.83. The van der Waals surface area contributed by atoms with Crippen molar-refractivity contribution in [1.29, 1.82) is 0 Å². The predicted molar refractivity (Wildman–Crippen MR) is 122 cm³/mol. The highest BCUT2D eigenvalue weighted by molar-refractivity contribution is 6.44. The maximum atomic E-state index is 13.0. The Morgan fingerprint density at radius 1 is 1.19 bits per heavy atom. The molecule has 1 aliphatic rings. The standard InChI is InChI=1S/C21H20Cl3N5O2/c1-28-16-6-8-29(9-10-30)11-15(16)26-20(28)21(31)27-14-4-2-3-12(17(14)22)13-5-7-25-19(24)18(13)23/h2-5,7,30H,6,8-11H2,1H3,(H,27,31). The van der Waals surface area contributed by atoms with Gasteiger partial charge >= 0.3 is 0 Å². The van der Waals surface area contributed by atoms with E-state index in [1.165, 1.54) is 0 Å². The number of pyridine rings is 1. The Balaban J connectivity index is 1.61. The van der Waals surface area contributed by atoms with Crippen LogP contribution in [0.2, 0.25) is 15.2 Å². The van der Waals surface area contributed by atoms with E-state index in [0.717, 1.165) is 24.4 Å². The Hall–Kier alpha value is -2.16. The van der Waals surface area contributed by atoms with Gasteiger partial charge in [-0.05, 0) is 12.1 Å². The molecule has 0 atom stereocenters. The van der Waals surface area contributed by atoms with Crippen LogP contribution in [-0.4, -0.2) is 50.1 Å². The molecular formula is C21H20Cl3N5O2. The first kappa shape index (κ1) is 22.0. The van der Waals surface area contributed by atoms with Gasteiger partial charge in [0.1, 0.15) is 5.15 Å². The maximum Gasteiger partial charge on any atom is 0.291 e. The van der Waals surface area contributed by atoms with Gasteiger partial charge in [-0.1, -0.05) is 46.9 Å². The van der Waals surface area contributed by atoms with Crippen molar-refractivity contribution in [3.63, 3.8) is 0 Å². The van der Waals surface area contributed by atoms with E-state index in [1.807, 2.05) is 11.6 Å². The van der Waals surface area contributed by atoms with Gasteiger partial charge in [0.05, 0.1) is 28.0 Å². The van der Waals surface area contributed by atoms with Gasteiger partial charge in [0.2, 0.25) is 0 Å². The molecule has 3 heterocycles. The zero-order valence-electron chi connectivity index (χ0n) is 16.7. The lowest BCUT2D eigenvalue weighted by Crippen LogP contribution is -2.33. The van der Waals surface area contributed by atoms with Crippen molar-refractivity contribution in [2.75, 3.05) is 25.0 Å². The number of hydrogen-bond acceptors (Lipinski definition) is 5. The molecule has 0 saturated heterocycles. The fourth-order valence-electron chi connectivity index (χ4n) is 3.76. The highest BCUT2D eigenvalue weighted by Crippen LogP contribution is 2.39. The summed E-state index contributed by atoms with van der Waals surface area (Å²) in [6.45, 7) is 2.10. The van der Waals surface area contributed by atoms with E-state index < -0.39 is 0 Å². The molecule has 0 unspecified atom stereocenters. The molecule has 0 spiro atoms. The first-order valence-electron chi connectivity index (χ1n) is 9.68. The number of aliphatic hydroxyl groups excluding tert-OH is 1. The van der Waals surface area contributed by atoms with Crippen LogP contribution < -0.4 is 5.32 Å². The van der Waals surface area contributed by atoms with Gasteiger partial charge in [-0.3, -0.25) is 9.69 Å². The average molecular weight is 481 g/mol. The topological polar surface area (TPSA) is 83.3 Å². The van der Waals surface area contributed by atoms with E-state index in [-0.39, 0.29) is 17.7 Å². The number of fused-ring (bicyclic) bond motifs is 1. The van der Waals surface area contributed by atoms with E-state index in [4.69, 9.17) is 34.8 Å². The van der Waals surface area contributed by atoms with Gasteiger partial charge in [-0.25, -0.2) is 9.97 Å². The van der Waals surface area contributed by atoms with E-state index in [0.29, 0.717) is 45.8 Å². The zero-order valence-corrected chi connectivity index (χ0v) is 19.0. The number of anilines is 1. The summed E-state index contributed by atoms with van der Waals surface area (Å²) in [4.78, 5) is 23.6. The summed E-state index contributed by atoms with van der Waals surface area (Å²) in [6.07, 6.45) is 2.31. The second-order valence-electron chi connectivity index (χ2n) is 7.22. The molecular weight excluding hydrogens is 461 g/mol. The van der Waals surface area contributed by atoms with Crippen molar-refractivity contribution in [1.82, 2.24) is 19.4 Å². The Morgan fingerprint density at radius 2 is 1.97 bits per heavy atom. The molecule has 10 heteroatoms. The van der Waals surface area contributed by atoms with Gasteiger partial charge in [0.15, 0.2) is 5.82 Å². The summed E-state index contributed by atoms with van der Waals surface area (Å²) in [5.41, 5.74) is 3.57. The Bertz CT molecular complexity index is 1150. The van der Waals surface area contributed by atoms with Crippen molar-refractivity contribution < 1.29 is 9.90 Å². The number of benzene rings is 1. The molecule has 1 aliphatic heterocycles. The molecule has 2 aromatic heterocycles. The predicted octanol–water partition coefficient (Wildman–Crippen LogP) is 4.05. The minimum atomic E-state index is -0.358. The number of hydrogen-bond donors (Lipinski definition) is 2. The highest BCUT2D eigenvalue weighted by atomic mass is 35.5. The first-order valence-corrected chi connectivity index (χ1v) is 10.8. The minimum absolute atomic E-state index is 0.0943. The van der Waals surface area contributed by atoms with Crippen molar-refractivity contribution in [2.45, 2.75) is 13.0 Å². The zero-order chi connectivity index (χ0) is 22.1. The normalized spacial score (nSPS) is 13.8. The van der Waals surface area contributed by atoms with Crippen LogP contribution in [0.4, 0.5) is 5.69 Å². The van der Waals surface area contributed by atoms with Gasteiger partial charge < -0.3 is 15.0 Å². The third-order valence-corrected chi connectivity index (χ3v) is 6.51. The molecule has 0 saturated carbocycles. The lowest BCUT2D eigenvalue weighted by Gasteiger charge is -2.25. The summed E-state index contributed by atoms with van der Waals surface area (Å²) in [5.74, 6) is -0.0502. The van der Waals surface area contributed by atoms with Crippen LogP contribution in [0.25, 0.3) is 11.1 Å². The quantitative estimate of drug-likeness (QED) is 0.539.